The van der Waals surface area contributed by atoms with Gasteiger partial charge < -0.3 is 0 Å². The van der Waals surface area contributed by atoms with Crippen LogP contribution in [0.4, 0.5) is 19.0 Å². The second kappa shape index (κ2) is 6.08. The molecule has 0 amide bonds. The molecule has 1 N–H and O–H groups in total. The molecule has 0 spiro atoms. The molecule has 0 aliphatic rings. The van der Waals surface area contributed by atoms with Crippen molar-refractivity contribution < 1.29 is 21.6 Å². The van der Waals surface area contributed by atoms with Gasteiger partial charge in [-0.1, -0.05) is 32.9 Å². The van der Waals surface area contributed by atoms with Crippen LogP contribution in [0.5, 0.6) is 0 Å². The molecule has 0 bridgehead atoms. The Kier molecular flexibility index (Phi) is 4.63. The van der Waals surface area contributed by atoms with E-state index in [-0.39, 0.29) is 16.1 Å². The first-order valence-electron chi connectivity index (χ1n) is 7.06. The first-order valence-corrected chi connectivity index (χ1v) is 8.54. The van der Waals surface area contributed by atoms with Crippen molar-refractivity contribution in [3.63, 3.8) is 0 Å². The molecule has 0 saturated heterocycles. The molecule has 2 aromatic rings. The highest BCUT2D eigenvalue weighted by atomic mass is 32.2. The van der Waals surface area contributed by atoms with Crippen LogP contribution in [0.25, 0.3) is 0 Å². The minimum atomic E-state index is -4.52. The summed E-state index contributed by atoms with van der Waals surface area (Å²) in [6.07, 6.45) is -3.94. The van der Waals surface area contributed by atoms with Crippen molar-refractivity contribution in [1.29, 1.82) is 0 Å². The van der Waals surface area contributed by atoms with Crippen LogP contribution in [0.15, 0.2) is 47.5 Å². The van der Waals surface area contributed by atoms with Gasteiger partial charge in [-0.25, -0.2) is 13.4 Å². The molecule has 0 aliphatic heterocycles. The Balaban J connectivity index is 2.22. The van der Waals surface area contributed by atoms with Gasteiger partial charge in [-0.15, -0.1) is 0 Å². The SMILES string of the molecule is CC(C)(C)c1ccc(S(=O)(=O)Nc2ccc(C(F)(F)F)cn2)cc1. The van der Waals surface area contributed by atoms with Crippen LogP contribution in [-0.4, -0.2) is 13.4 Å². The predicted molar refractivity (Wildman–Crippen MR) is 85.2 cm³/mol. The summed E-state index contributed by atoms with van der Waals surface area (Å²) >= 11 is 0. The lowest BCUT2D eigenvalue weighted by molar-refractivity contribution is -0.137. The van der Waals surface area contributed by atoms with E-state index in [1.165, 1.54) is 12.1 Å². The fraction of sp³-hybridized carbons (Fsp3) is 0.312. The molecule has 0 saturated carbocycles. The maximum absolute atomic E-state index is 12.5. The molecular weight excluding hydrogens is 341 g/mol. The number of nitrogens with one attached hydrogen (secondary N) is 1. The molecule has 2 rings (SSSR count). The summed E-state index contributed by atoms with van der Waals surface area (Å²) in [5, 5.41) is 0. The molecule has 24 heavy (non-hydrogen) atoms. The van der Waals surface area contributed by atoms with Gasteiger partial charge in [0, 0.05) is 6.20 Å². The van der Waals surface area contributed by atoms with Crippen LogP contribution >= 0.6 is 0 Å². The highest BCUT2D eigenvalue weighted by Gasteiger charge is 2.30. The molecule has 8 heteroatoms. The fourth-order valence-electron chi connectivity index (χ4n) is 1.95. The highest BCUT2D eigenvalue weighted by molar-refractivity contribution is 7.92. The maximum atomic E-state index is 12.5. The third kappa shape index (κ3) is 4.25. The Morgan fingerprint density at radius 3 is 1.88 bits per heavy atom. The Morgan fingerprint density at radius 1 is 0.917 bits per heavy atom. The molecule has 1 heterocycles. The number of benzene rings is 1. The third-order valence-electron chi connectivity index (χ3n) is 3.36. The highest BCUT2D eigenvalue weighted by Crippen LogP contribution is 2.29. The average molecular weight is 358 g/mol. The van der Waals surface area contributed by atoms with Gasteiger partial charge in [0.15, 0.2) is 0 Å². The Hall–Kier alpha value is -2.09. The van der Waals surface area contributed by atoms with Gasteiger partial charge in [0.1, 0.15) is 5.82 Å². The number of hydrogen-bond acceptors (Lipinski definition) is 3. The number of halogens is 3. The lowest BCUT2D eigenvalue weighted by atomic mass is 9.87. The van der Waals surface area contributed by atoms with Crippen LogP contribution in [0, 0.1) is 0 Å². The van der Waals surface area contributed by atoms with Crippen molar-refractivity contribution in [2.24, 2.45) is 0 Å². The smallest absolute Gasteiger partial charge is 0.263 e. The third-order valence-corrected chi connectivity index (χ3v) is 4.73. The van der Waals surface area contributed by atoms with E-state index < -0.39 is 21.8 Å². The van der Waals surface area contributed by atoms with E-state index in [0.717, 1.165) is 17.7 Å². The molecular formula is C16H17F3N2O2S. The van der Waals surface area contributed by atoms with Gasteiger partial charge in [-0.2, -0.15) is 13.2 Å². The number of pyridine rings is 1. The normalized spacial score (nSPS) is 12.9. The molecule has 4 nitrogen and oxygen atoms in total. The van der Waals surface area contributed by atoms with Crippen LogP contribution in [0.1, 0.15) is 31.9 Å². The number of alkyl halides is 3. The average Bonchev–Trinajstić information content (AvgIpc) is 2.46. The summed E-state index contributed by atoms with van der Waals surface area (Å²) in [6, 6.07) is 8.06. The van der Waals surface area contributed by atoms with Crippen molar-refractivity contribution in [3.05, 3.63) is 53.7 Å². The summed E-state index contributed by atoms with van der Waals surface area (Å²) in [5.74, 6) is -0.178. The summed E-state index contributed by atoms with van der Waals surface area (Å²) in [4.78, 5) is 3.51. The second-order valence-corrected chi connectivity index (χ2v) is 7.99. The lowest BCUT2D eigenvalue weighted by Crippen LogP contribution is -2.16. The van der Waals surface area contributed by atoms with Gasteiger partial charge >= 0.3 is 6.18 Å². The fourth-order valence-corrected chi connectivity index (χ4v) is 2.96. The monoisotopic (exact) mass is 358 g/mol. The topological polar surface area (TPSA) is 59.1 Å². The maximum Gasteiger partial charge on any atom is 0.417 e. The molecule has 0 aliphatic carbocycles. The van der Waals surface area contributed by atoms with E-state index in [1.54, 1.807) is 12.1 Å². The van der Waals surface area contributed by atoms with E-state index in [0.29, 0.717) is 6.20 Å². The van der Waals surface area contributed by atoms with Crippen LogP contribution < -0.4 is 4.72 Å². The Bertz CT molecular complexity index is 806. The number of sulfonamides is 1. The zero-order valence-electron chi connectivity index (χ0n) is 13.3. The standard InChI is InChI=1S/C16H17F3N2O2S/c1-15(2,3)11-4-7-13(8-5-11)24(22,23)21-14-9-6-12(10-20-14)16(17,18)19/h4-10H,1-3H3,(H,20,21). The Morgan fingerprint density at radius 2 is 1.46 bits per heavy atom. The van der Waals surface area contributed by atoms with Gasteiger partial charge in [0.2, 0.25) is 0 Å². The van der Waals surface area contributed by atoms with Crippen LogP contribution in [0.2, 0.25) is 0 Å². The number of aromatic nitrogens is 1. The van der Waals surface area contributed by atoms with Crippen molar-refractivity contribution in [3.8, 4) is 0 Å². The largest absolute Gasteiger partial charge is 0.417 e. The minimum absolute atomic E-state index is 0.0113. The lowest BCUT2D eigenvalue weighted by Gasteiger charge is -2.19. The van der Waals surface area contributed by atoms with Crippen molar-refractivity contribution in [2.45, 2.75) is 37.3 Å². The predicted octanol–water partition coefficient (Wildman–Crippen LogP) is 4.20. The van der Waals surface area contributed by atoms with E-state index in [1.807, 2.05) is 20.8 Å². The minimum Gasteiger partial charge on any atom is -0.263 e. The van der Waals surface area contributed by atoms with Crippen molar-refractivity contribution in [2.75, 3.05) is 4.72 Å². The van der Waals surface area contributed by atoms with Gasteiger partial charge in [0.05, 0.1) is 10.5 Å². The quantitative estimate of drug-likeness (QED) is 0.895. The van der Waals surface area contributed by atoms with Crippen LogP contribution in [-0.2, 0) is 21.6 Å². The number of anilines is 1. The summed E-state index contributed by atoms with van der Waals surface area (Å²) in [5.41, 5.74) is -0.0980. The number of nitrogens with zero attached hydrogens (tertiary/aromatic N) is 1. The van der Waals surface area contributed by atoms with E-state index >= 15 is 0 Å². The summed E-state index contributed by atoms with van der Waals surface area (Å²) < 4.78 is 64.1. The number of hydrogen-bond donors (Lipinski definition) is 1. The first kappa shape index (κ1) is 18.3. The molecule has 1 aromatic heterocycles. The molecule has 0 unspecified atom stereocenters. The van der Waals surface area contributed by atoms with Gasteiger partial charge in [-0.05, 0) is 35.2 Å². The second-order valence-electron chi connectivity index (χ2n) is 6.31. The zero-order chi connectivity index (χ0) is 18.2. The van der Waals surface area contributed by atoms with Gasteiger partial charge in [0.25, 0.3) is 10.0 Å². The van der Waals surface area contributed by atoms with Crippen LogP contribution in [0.3, 0.4) is 0 Å². The summed E-state index contributed by atoms with van der Waals surface area (Å²) in [7, 11) is -3.92. The molecule has 0 radical (unpaired) electrons. The van der Waals surface area contributed by atoms with E-state index in [9.17, 15) is 21.6 Å². The first-order chi connectivity index (χ1) is 10.9. The van der Waals surface area contributed by atoms with Gasteiger partial charge in [-0.3, -0.25) is 4.72 Å². The van der Waals surface area contributed by atoms with E-state index in [2.05, 4.69) is 9.71 Å². The molecule has 0 atom stereocenters. The van der Waals surface area contributed by atoms with Crippen molar-refractivity contribution in [1.82, 2.24) is 4.98 Å². The van der Waals surface area contributed by atoms with E-state index in [4.69, 9.17) is 0 Å². The van der Waals surface area contributed by atoms with Crippen molar-refractivity contribution >= 4 is 15.8 Å². The summed E-state index contributed by atoms with van der Waals surface area (Å²) in [6.45, 7) is 6.00. The molecule has 130 valence electrons. The zero-order valence-corrected chi connectivity index (χ0v) is 14.2. The number of rotatable bonds is 3. The molecule has 0 fully saturated rings. The Labute approximate surface area is 138 Å². The molecule has 1 aromatic carbocycles.